The predicted octanol–water partition coefficient (Wildman–Crippen LogP) is 2.56. The zero-order valence-corrected chi connectivity index (χ0v) is 16.7. The second-order valence-corrected chi connectivity index (χ2v) is 7.37. The monoisotopic (exact) mass is 403 g/mol. The first-order chi connectivity index (χ1) is 14.6. The number of hydrogen-bond donors (Lipinski definition) is 2. The Morgan fingerprint density at radius 3 is 2.93 bits per heavy atom. The van der Waals surface area contributed by atoms with E-state index in [0.717, 1.165) is 36.1 Å². The van der Waals surface area contributed by atoms with E-state index >= 15 is 0 Å². The normalized spacial score (nSPS) is 16.3. The van der Waals surface area contributed by atoms with Crippen molar-refractivity contribution >= 4 is 17.5 Å². The summed E-state index contributed by atoms with van der Waals surface area (Å²) in [6.45, 7) is 5.59. The van der Waals surface area contributed by atoms with Crippen LogP contribution in [0.5, 0.6) is 0 Å². The average molecular weight is 403 g/mol. The standard InChI is InChI=1S/C22H25N7O/c1-2-19(30)28-10-6-9-18(14-28)27-22-20(21(23)24-15-25-22)17-11-26-29(13-17)12-16-7-4-3-5-8-16/h2-5,7-8,11,13,15,18H,1,6,9-10,12,14H2,(H3,23,24,25,27). The minimum absolute atomic E-state index is 0.0499. The number of anilines is 2. The van der Waals surface area contributed by atoms with Crippen molar-refractivity contribution in [3.8, 4) is 11.1 Å². The van der Waals surface area contributed by atoms with Crippen LogP contribution in [-0.2, 0) is 11.3 Å². The third kappa shape index (κ3) is 4.32. The van der Waals surface area contributed by atoms with Crippen molar-refractivity contribution in [2.75, 3.05) is 24.1 Å². The molecule has 8 nitrogen and oxygen atoms in total. The van der Waals surface area contributed by atoms with Gasteiger partial charge in [0.2, 0.25) is 5.91 Å². The van der Waals surface area contributed by atoms with Gasteiger partial charge < -0.3 is 16.0 Å². The van der Waals surface area contributed by atoms with Gasteiger partial charge in [-0.1, -0.05) is 36.9 Å². The Kier molecular flexibility index (Phi) is 5.74. The van der Waals surface area contributed by atoms with E-state index in [2.05, 4.69) is 39.1 Å². The van der Waals surface area contributed by atoms with E-state index in [0.29, 0.717) is 24.7 Å². The minimum Gasteiger partial charge on any atom is -0.383 e. The van der Waals surface area contributed by atoms with Crippen LogP contribution in [-0.4, -0.2) is 49.7 Å². The molecule has 1 atom stereocenters. The SMILES string of the molecule is C=CC(=O)N1CCCC(Nc2ncnc(N)c2-c2cnn(Cc3ccccc3)c2)C1. The topological polar surface area (TPSA) is 102 Å². The Labute approximate surface area is 175 Å². The van der Waals surface area contributed by atoms with Crippen molar-refractivity contribution in [3.05, 3.63) is 67.3 Å². The van der Waals surface area contributed by atoms with Crippen LogP contribution in [0.4, 0.5) is 11.6 Å². The maximum atomic E-state index is 12.0. The highest BCUT2D eigenvalue weighted by molar-refractivity contribution is 5.87. The molecule has 1 aromatic carbocycles. The quantitative estimate of drug-likeness (QED) is 0.614. The van der Waals surface area contributed by atoms with E-state index in [1.807, 2.05) is 29.1 Å². The van der Waals surface area contributed by atoms with Crippen molar-refractivity contribution in [3.63, 3.8) is 0 Å². The van der Waals surface area contributed by atoms with Gasteiger partial charge in [-0.3, -0.25) is 9.48 Å². The van der Waals surface area contributed by atoms with Gasteiger partial charge in [-0.25, -0.2) is 9.97 Å². The highest BCUT2D eigenvalue weighted by atomic mass is 16.2. The molecule has 0 bridgehead atoms. The second-order valence-electron chi connectivity index (χ2n) is 7.37. The van der Waals surface area contributed by atoms with Gasteiger partial charge in [-0.2, -0.15) is 5.10 Å². The number of benzene rings is 1. The molecule has 0 aliphatic carbocycles. The van der Waals surface area contributed by atoms with E-state index in [4.69, 9.17) is 5.73 Å². The molecule has 3 aromatic rings. The van der Waals surface area contributed by atoms with Gasteiger partial charge in [0.1, 0.15) is 18.0 Å². The summed E-state index contributed by atoms with van der Waals surface area (Å²) in [7, 11) is 0. The minimum atomic E-state index is -0.0499. The average Bonchev–Trinajstić information content (AvgIpc) is 3.22. The third-order valence-corrected chi connectivity index (χ3v) is 5.23. The smallest absolute Gasteiger partial charge is 0.246 e. The van der Waals surface area contributed by atoms with E-state index in [1.54, 1.807) is 11.1 Å². The summed E-state index contributed by atoms with van der Waals surface area (Å²) in [5.41, 5.74) is 8.95. The lowest BCUT2D eigenvalue weighted by Crippen LogP contribution is -2.44. The molecule has 0 spiro atoms. The van der Waals surface area contributed by atoms with Crippen molar-refractivity contribution < 1.29 is 4.79 Å². The zero-order valence-electron chi connectivity index (χ0n) is 16.7. The molecule has 3 N–H and O–H groups in total. The summed E-state index contributed by atoms with van der Waals surface area (Å²) in [6, 6.07) is 10.2. The summed E-state index contributed by atoms with van der Waals surface area (Å²) in [5.74, 6) is 0.993. The van der Waals surface area contributed by atoms with Gasteiger partial charge in [0.15, 0.2) is 0 Å². The van der Waals surface area contributed by atoms with Crippen LogP contribution in [0.15, 0.2) is 61.7 Å². The lowest BCUT2D eigenvalue weighted by Gasteiger charge is -2.33. The number of amides is 1. The fourth-order valence-corrected chi connectivity index (χ4v) is 3.76. The van der Waals surface area contributed by atoms with Gasteiger partial charge in [-0.05, 0) is 24.5 Å². The number of aromatic nitrogens is 4. The molecule has 3 heterocycles. The summed E-state index contributed by atoms with van der Waals surface area (Å²) in [6.07, 6.45) is 8.39. The number of hydrogen-bond acceptors (Lipinski definition) is 6. The Morgan fingerprint density at radius 1 is 1.30 bits per heavy atom. The molecule has 154 valence electrons. The van der Waals surface area contributed by atoms with Crippen molar-refractivity contribution in [2.24, 2.45) is 0 Å². The molecule has 1 aliphatic heterocycles. The third-order valence-electron chi connectivity index (χ3n) is 5.23. The van der Waals surface area contributed by atoms with E-state index in [-0.39, 0.29) is 11.9 Å². The maximum absolute atomic E-state index is 12.0. The second kappa shape index (κ2) is 8.77. The summed E-state index contributed by atoms with van der Waals surface area (Å²) in [4.78, 5) is 22.4. The van der Waals surface area contributed by atoms with Crippen LogP contribution in [0.3, 0.4) is 0 Å². The summed E-state index contributed by atoms with van der Waals surface area (Å²) >= 11 is 0. The van der Waals surface area contributed by atoms with Gasteiger partial charge in [0.25, 0.3) is 0 Å². The summed E-state index contributed by atoms with van der Waals surface area (Å²) < 4.78 is 1.87. The lowest BCUT2D eigenvalue weighted by molar-refractivity contribution is -0.127. The van der Waals surface area contributed by atoms with E-state index < -0.39 is 0 Å². The molecule has 1 aliphatic rings. The number of nitrogens with two attached hydrogens (primary N) is 1. The van der Waals surface area contributed by atoms with Gasteiger partial charge in [0.05, 0.1) is 18.3 Å². The number of nitrogen functional groups attached to an aromatic ring is 1. The molecule has 1 amide bonds. The number of rotatable bonds is 6. The first kappa shape index (κ1) is 19.6. The van der Waals surface area contributed by atoms with Crippen LogP contribution < -0.4 is 11.1 Å². The zero-order chi connectivity index (χ0) is 20.9. The Bertz CT molecular complexity index is 1030. The molecule has 30 heavy (non-hydrogen) atoms. The van der Waals surface area contributed by atoms with Crippen LogP contribution in [0.1, 0.15) is 18.4 Å². The first-order valence-electron chi connectivity index (χ1n) is 9.99. The Balaban J connectivity index is 1.55. The van der Waals surface area contributed by atoms with E-state index in [1.165, 1.54) is 12.4 Å². The van der Waals surface area contributed by atoms with E-state index in [9.17, 15) is 4.79 Å². The fourth-order valence-electron chi connectivity index (χ4n) is 3.76. The molecule has 0 radical (unpaired) electrons. The van der Waals surface area contributed by atoms with Crippen LogP contribution in [0, 0.1) is 0 Å². The van der Waals surface area contributed by atoms with Crippen LogP contribution in [0.25, 0.3) is 11.1 Å². The first-order valence-corrected chi connectivity index (χ1v) is 9.99. The predicted molar refractivity (Wildman–Crippen MR) is 117 cm³/mol. The maximum Gasteiger partial charge on any atom is 0.246 e. The number of nitrogens with one attached hydrogen (secondary N) is 1. The lowest BCUT2D eigenvalue weighted by atomic mass is 10.0. The van der Waals surface area contributed by atoms with Crippen LogP contribution >= 0.6 is 0 Å². The molecule has 0 saturated carbocycles. The van der Waals surface area contributed by atoms with Crippen molar-refractivity contribution in [1.82, 2.24) is 24.6 Å². The largest absolute Gasteiger partial charge is 0.383 e. The van der Waals surface area contributed by atoms with Crippen molar-refractivity contribution in [1.29, 1.82) is 0 Å². The number of piperidine rings is 1. The molecule has 2 aromatic heterocycles. The molecule has 4 rings (SSSR count). The number of carbonyl (C=O) groups excluding carboxylic acids is 1. The van der Waals surface area contributed by atoms with Gasteiger partial charge in [0, 0.05) is 30.9 Å². The van der Waals surface area contributed by atoms with Gasteiger partial charge >= 0.3 is 0 Å². The Hall–Kier alpha value is -3.68. The van der Waals surface area contributed by atoms with Crippen molar-refractivity contribution in [2.45, 2.75) is 25.4 Å². The number of likely N-dealkylation sites (tertiary alicyclic amines) is 1. The fraction of sp³-hybridized carbons (Fsp3) is 0.273. The number of carbonyl (C=O) groups is 1. The molecule has 8 heteroatoms. The molecular weight excluding hydrogens is 378 g/mol. The van der Waals surface area contributed by atoms with Gasteiger partial charge in [-0.15, -0.1) is 0 Å². The van der Waals surface area contributed by atoms with Crippen LogP contribution in [0.2, 0.25) is 0 Å². The molecular formula is C22H25N7O. The highest BCUT2D eigenvalue weighted by Crippen LogP contribution is 2.31. The molecule has 1 fully saturated rings. The number of nitrogens with zero attached hydrogens (tertiary/aromatic N) is 5. The summed E-state index contributed by atoms with van der Waals surface area (Å²) in [5, 5.41) is 7.94. The highest BCUT2D eigenvalue weighted by Gasteiger charge is 2.24. The molecule has 1 unspecified atom stereocenters. The Morgan fingerprint density at radius 2 is 2.13 bits per heavy atom. The molecule has 1 saturated heterocycles.